The zero-order chi connectivity index (χ0) is 20.1. The number of pyridine rings is 1. The van der Waals surface area contributed by atoms with Gasteiger partial charge in [0.1, 0.15) is 18.3 Å². The van der Waals surface area contributed by atoms with Crippen molar-refractivity contribution in [2.75, 3.05) is 33.3 Å². The predicted molar refractivity (Wildman–Crippen MR) is 108 cm³/mol. The van der Waals surface area contributed by atoms with Crippen LogP contribution in [0.4, 0.5) is 0 Å². The highest BCUT2D eigenvalue weighted by Crippen LogP contribution is 2.23. The third kappa shape index (κ3) is 4.61. The second-order valence-corrected chi connectivity index (χ2v) is 7.45. The molecule has 3 rings (SSSR count). The quantitative estimate of drug-likeness (QED) is 0.704. The van der Waals surface area contributed by atoms with Crippen molar-refractivity contribution in [1.82, 2.24) is 14.4 Å². The molecule has 8 heteroatoms. The number of methoxy groups -OCH3 is 1. The van der Waals surface area contributed by atoms with Gasteiger partial charge >= 0.3 is 0 Å². The van der Waals surface area contributed by atoms with E-state index in [4.69, 9.17) is 4.74 Å². The summed E-state index contributed by atoms with van der Waals surface area (Å²) in [5.41, 5.74) is 0.697. The molecule has 0 aliphatic carbocycles. The Bertz CT molecular complexity index is 928. The number of aromatic nitrogens is 1. The number of carbonyl (C=O) groups excluding carboxylic acids is 1. The van der Waals surface area contributed by atoms with Crippen LogP contribution in [0.1, 0.15) is 11.6 Å². The maximum atomic E-state index is 12.6. The Morgan fingerprint density at radius 2 is 1.86 bits per heavy atom. The van der Waals surface area contributed by atoms with Crippen LogP contribution in [0.15, 0.2) is 51.9 Å². The van der Waals surface area contributed by atoms with Gasteiger partial charge in [-0.3, -0.25) is 14.5 Å². The Balaban J connectivity index is 1.61. The monoisotopic (exact) mass is 444 g/mol. The molecule has 1 aliphatic heterocycles. The van der Waals surface area contributed by atoms with Crippen molar-refractivity contribution in [2.24, 2.45) is 0 Å². The van der Waals surface area contributed by atoms with Gasteiger partial charge in [-0.2, -0.15) is 5.26 Å². The Kier molecular flexibility index (Phi) is 6.49. The number of benzene rings is 1. The van der Waals surface area contributed by atoms with Crippen molar-refractivity contribution in [2.45, 2.75) is 12.6 Å². The zero-order valence-corrected chi connectivity index (χ0v) is 17.1. The van der Waals surface area contributed by atoms with E-state index in [1.807, 2.05) is 24.3 Å². The van der Waals surface area contributed by atoms with Crippen LogP contribution in [-0.2, 0) is 11.3 Å². The molecule has 2 aromatic rings. The van der Waals surface area contributed by atoms with Gasteiger partial charge in [0.05, 0.1) is 13.2 Å². The van der Waals surface area contributed by atoms with Crippen molar-refractivity contribution < 1.29 is 9.53 Å². The number of nitrogens with zero attached hydrogens (tertiary/aromatic N) is 4. The van der Waals surface area contributed by atoms with Crippen LogP contribution in [0.5, 0.6) is 5.75 Å². The summed E-state index contributed by atoms with van der Waals surface area (Å²) < 4.78 is 7.31. The van der Waals surface area contributed by atoms with Crippen molar-refractivity contribution >= 4 is 21.8 Å². The summed E-state index contributed by atoms with van der Waals surface area (Å²) in [6.45, 7) is 2.26. The van der Waals surface area contributed by atoms with E-state index in [1.165, 1.54) is 10.6 Å². The lowest BCUT2D eigenvalue weighted by atomic mass is 10.1. The van der Waals surface area contributed by atoms with E-state index in [0.717, 1.165) is 15.8 Å². The van der Waals surface area contributed by atoms with Crippen molar-refractivity contribution in [3.05, 3.63) is 63.0 Å². The summed E-state index contributed by atoms with van der Waals surface area (Å²) in [7, 11) is 1.61. The molecule has 1 unspecified atom stereocenters. The predicted octanol–water partition coefficient (Wildman–Crippen LogP) is 2.03. The summed E-state index contributed by atoms with van der Waals surface area (Å²) in [6, 6.07) is 12.5. The van der Waals surface area contributed by atoms with Crippen molar-refractivity contribution in [1.29, 1.82) is 5.26 Å². The minimum atomic E-state index is -0.365. The summed E-state index contributed by atoms with van der Waals surface area (Å²) in [4.78, 5) is 28.3. The number of rotatable bonds is 5. The number of ether oxygens (including phenoxy) is 1. The summed E-state index contributed by atoms with van der Waals surface area (Å²) in [6.07, 6.45) is 1.62. The fraction of sp³-hybridized carbons (Fsp3) is 0.350. The largest absolute Gasteiger partial charge is 0.497 e. The number of amides is 1. The lowest BCUT2D eigenvalue weighted by Gasteiger charge is -2.37. The number of nitriles is 1. The molecule has 1 atom stereocenters. The molecular formula is C20H21BrN4O3. The molecular weight excluding hydrogens is 424 g/mol. The highest BCUT2D eigenvalue weighted by Gasteiger charge is 2.27. The third-order valence-corrected chi connectivity index (χ3v) is 5.31. The van der Waals surface area contributed by atoms with Gasteiger partial charge in [0.2, 0.25) is 5.91 Å². The first-order chi connectivity index (χ1) is 13.5. The topological polar surface area (TPSA) is 78.6 Å². The third-order valence-electron chi connectivity index (χ3n) is 4.84. The minimum Gasteiger partial charge on any atom is -0.497 e. The highest BCUT2D eigenvalue weighted by atomic mass is 79.9. The van der Waals surface area contributed by atoms with Gasteiger partial charge in [-0.1, -0.05) is 12.1 Å². The van der Waals surface area contributed by atoms with Gasteiger partial charge in [0.25, 0.3) is 5.56 Å². The molecule has 7 nitrogen and oxygen atoms in total. The molecule has 1 fully saturated rings. The van der Waals surface area contributed by atoms with Gasteiger partial charge in [0.15, 0.2) is 0 Å². The Labute approximate surface area is 171 Å². The molecule has 146 valence electrons. The summed E-state index contributed by atoms with van der Waals surface area (Å²) >= 11 is 3.32. The van der Waals surface area contributed by atoms with Crippen LogP contribution in [0, 0.1) is 11.3 Å². The normalized spacial score (nSPS) is 15.7. The van der Waals surface area contributed by atoms with Gasteiger partial charge < -0.3 is 14.2 Å². The smallest absolute Gasteiger partial charge is 0.251 e. The Morgan fingerprint density at radius 3 is 2.46 bits per heavy atom. The maximum Gasteiger partial charge on any atom is 0.251 e. The summed E-state index contributed by atoms with van der Waals surface area (Å²) in [5, 5.41) is 9.64. The van der Waals surface area contributed by atoms with E-state index in [9.17, 15) is 14.9 Å². The second kappa shape index (κ2) is 9.04. The van der Waals surface area contributed by atoms with Crippen LogP contribution < -0.4 is 10.3 Å². The fourth-order valence-electron chi connectivity index (χ4n) is 3.25. The molecule has 0 N–H and O–H groups in total. The number of hydrogen-bond acceptors (Lipinski definition) is 5. The molecule has 2 heterocycles. The van der Waals surface area contributed by atoms with Gasteiger partial charge in [-0.25, -0.2) is 0 Å². The first kappa shape index (κ1) is 20.1. The molecule has 0 radical (unpaired) electrons. The van der Waals surface area contributed by atoms with E-state index in [2.05, 4.69) is 26.9 Å². The van der Waals surface area contributed by atoms with Crippen LogP contribution in [-0.4, -0.2) is 53.6 Å². The van der Waals surface area contributed by atoms with Gasteiger partial charge in [0, 0.05) is 42.9 Å². The van der Waals surface area contributed by atoms with E-state index in [0.29, 0.717) is 26.2 Å². The van der Waals surface area contributed by atoms with E-state index in [1.54, 1.807) is 24.3 Å². The van der Waals surface area contributed by atoms with Gasteiger partial charge in [-0.15, -0.1) is 0 Å². The molecule has 1 amide bonds. The molecule has 0 spiro atoms. The minimum absolute atomic E-state index is 0.0123. The Hall–Kier alpha value is -2.63. The van der Waals surface area contributed by atoms with Crippen molar-refractivity contribution in [3.63, 3.8) is 0 Å². The van der Waals surface area contributed by atoms with Crippen LogP contribution >= 0.6 is 15.9 Å². The van der Waals surface area contributed by atoms with Crippen LogP contribution in [0.25, 0.3) is 0 Å². The highest BCUT2D eigenvalue weighted by molar-refractivity contribution is 9.10. The molecule has 1 aromatic carbocycles. The molecule has 0 bridgehead atoms. The van der Waals surface area contributed by atoms with Crippen molar-refractivity contribution in [3.8, 4) is 11.8 Å². The maximum absolute atomic E-state index is 12.6. The van der Waals surface area contributed by atoms with E-state index < -0.39 is 0 Å². The Morgan fingerprint density at radius 1 is 1.18 bits per heavy atom. The molecule has 1 saturated heterocycles. The molecule has 1 aromatic heterocycles. The molecule has 1 aliphatic rings. The average molecular weight is 445 g/mol. The number of carbonyl (C=O) groups is 1. The van der Waals surface area contributed by atoms with Crippen LogP contribution in [0.2, 0.25) is 0 Å². The average Bonchev–Trinajstić information content (AvgIpc) is 2.72. The van der Waals surface area contributed by atoms with E-state index >= 15 is 0 Å². The summed E-state index contributed by atoms with van der Waals surface area (Å²) in [5.74, 6) is 0.649. The first-order valence-electron chi connectivity index (χ1n) is 8.93. The molecule has 0 saturated carbocycles. The lowest BCUT2D eigenvalue weighted by molar-refractivity contribution is -0.133. The van der Waals surface area contributed by atoms with Crippen LogP contribution in [0.3, 0.4) is 0 Å². The first-order valence-corrected chi connectivity index (χ1v) is 9.72. The number of halogens is 1. The number of piperazine rings is 1. The SMILES string of the molecule is COc1ccc(C(C#N)N2CCN(C(=O)Cn3cc(Br)ccc3=O)CC2)cc1. The lowest BCUT2D eigenvalue weighted by Crippen LogP contribution is -2.50. The van der Waals surface area contributed by atoms with E-state index in [-0.39, 0.29) is 24.1 Å². The fourth-order valence-corrected chi connectivity index (χ4v) is 3.63. The zero-order valence-electron chi connectivity index (χ0n) is 15.5. The molecule has 28 heavy (non-hydrogen) atoms. The second-order valence-electron chi connectivity index (χ2n) is 6.54. The standard InChI is InChI=1S/C20H21BrN4O3/c1-28-17-5-2-15(3-6-17)18(12-22)23-8-10-24(11-9-23)20(27)14-25-13-16(21)4-7-19(25)26/h2-7,13,18H,8-11,14H2,1H3. The van der Waals surface area contributed by atoms with Gasteiger partial charge in [-0.05, 0) is 39.7 Å². The number of hydrogen-bond donors (Lipinski definition) is 0.